The zero-order valence-corrected chi connectivity index (χ0v) is 8.80. The molecular formula is C10H14ClN3. The van der Waals surface area contributed by atoms with Gasteiger partial charge in [-0.05, 0) is 18.8 Å². The van der Waals surface area contributed by atoms with Crippen LogP contribution in [0.1, 0.15) is 25.7 Å². The molecule has 1 aliphatic carbocycles. The van der Waals surface area contributed by atoms with E-state index in [9.17, 15) is 0 Å². The van der Waals surface area contributed by atoms with E-state index in [1.165, 1.54) is 25.7 Å². The summed E-state index contributed by atoms with van der Waals surface area (Å²) in [4.78, 5) is 8.05. The van der Waals surface area contributed by atoms with Crippen molar-refractivity contribution in [3.8, 4) is 0 Å². The van der Waals surface area contributed by atoms with E-state index in [4.69, 9.17) is 11.6 Å². The van der Waals surface area contributed by atoms with Gasteiger partial charge in [-0.15, -0.1) is 0 Å². The second-order valence-corrected chi connectivity index (χ2v) is 4.07. The van der Waals surface area contributed by atoms with E-state index in [-0.39, 0.29) is 0 Å². The normalized spacial score (nSPS) is 15.5. The van der Waals surface area contributed by atoms with Gasteiger partial charge in [-0.1, -0.05) is 24.4 Å². The minimum Gasteiger partial charge on any atom is -0.368 e. The molecule has 0 amide bonds. The number of aromatic nitrogens is 2. The molecule has 0 bridgehead atoms. The first-order valence-corrected chi connectivity index (χ1v) is 5.44. The van der Waals surface area contributed by atoms with E-state index in [2.05, 4.69) is 15.3 Å². The monoisotopic (exact) mass is 211 g/mol. The van der Waals surface area contributed by atoms with Crippen molar-refractivity contribution >= 4 is 17.4 Å². The fraction of sp³-hybridized carbons (Fsp3) is 0.600. The number of hydrogen-bond donors (Lipinski definition) is 1. The van der Waals surface area contributed by atoms with E-state index in [0.29, 0.717) is 11.0 Å². The van der Waals surface area contributed by atoms with E-state index in [0.717, 1.165) is 12.5 Å². The van der Waals surface area contributed by atoms with Crippen LogP contribution < -0.4 is 5.32 Å². The van der Waals surface area contributed by atoms with Crippen molar-refractivity contribution in [3.63, 3.8) is 0 Å². The average molecular weight is 212 g/mol. The molecule has 0 spiro atoms. The van der Waals surface area contributed by atoms with Gasteiger partial charge in [-0.3, -0.25) is 0 Å². The Morgan fingerprint density at radius 3 is 2.86 bits per heavy atom. The van der Waals surface area contributed by atoms with Crippen LogP contribution in [0.4, 0.5) is 5.82 Å². The lowest BCUT2D eigenvalue weighted by Gasteiger charge is -2.05. The van der Waals surface area contributed by atoms with Crippen LogP contribution in [0.3, 0.4) is 0 Å². The predicted molar refractivity (Wildman–Crippen MR) is 57.5 cm³/mol. The molecule has 0 aromatic carbocycles. The zero-order valence-electron chi connectivity index (χ0n) is 8.04. The van der Waals surface area contributed by atoms with Gasteiger partial charge in [0.1, 0.15) is 0 Å². The Balaban J connectivity index is 1.71. The third-order valence-corrected chi connectivity index (χ3v) is 2.71. The first-order valence-electron chi connectivity index (χ1n) is 5.06. The largest absolute Gasteiger partial charge is 0.368 e. The minimum absolute atomic E-state index is 0.457. The molecule has 14 heavy (non-hydrogen) atoms. The van der Waals surface area contributed by atoms with Gasteiger partial charge in [0.05, 0.1) is 0 Å². The molecule has 0 radical (unpaired) electrons. The lowest BCUT2D eigenvalue weighted by molar-refractivity contribution is 0.686. The van der Waals surface area contributed by atoms with Crippen LogP contribution in [-0.4, -0.2) is 16.5 Å². The molecule has 0 unspecified atom stereocenters. The molecule has 0 saturated heterocycles. The molecule has 0 atom stereocenters. The Hall–Kier alpha value is -0.830. The molecule has 1 N–H and O–H groups in total. The molecule has 76 valence electrons. The molecule has 0 aliphatic heterocycles. The molecule has 1 saturated carbocycles. The Labute approximate surface area is 88.9 Å². The molecule has 1 fully saturated rings. The lowest BCUT2D eigenvalue weighted by Crippen LogP contribution is -2.04. The Kier molecular flexibility index (Phi) is 3.19. The van der Waals surface area contributed by atoms with Crippen molar-refractivity contribution in [2.45, 2.75) is 25.7 Å². The van der Waals surface area contributed by atoms with Gasteiger partial charge in [0.15, 0.2) is 11.0 Å². The first-order chi connectivity index (χ1) is 6.86. The number of nitrogens with zero attached hydrogens (tertiary/aromatic N) is 2. The zero-order chi connectivity index (χ0) is 9.80. The fourth-order valence-electron chi connectivity index (χ4n) is 1.44. The van der Waals surface area contributed by atoms with Gasteiger partial charge >= 0.3 is 0 Å². The van der Waals surface area contributed by atoms with E-state index in [1.807, 2.05) is 0 Å². The summed E-state index contributed by atoms with van der Waals surface area (Å²) in [5, 5.41) is 3.65. The maximum absolute atomic E-state index is 5.84. The topological polar surface area (TPSA) is 37.8 Å². The van der Waals surface area contributed by atoms with Gasteiger partial charge in [0, 0.05) is 18.9 Å². The molecular weight excluding hydrogens is 198 g/mol. The summed E-state index contributed by atoms with van der Waals surface area (Å²) >= 11 is 5.84. The van der Waals surface area contributed by atoms with Crippen molar-refractivity contribution < 1.29 is 0 Å². The first kappa shape index (κ1) is 9.71. The average Bonchev–Trinajstić information content (AvgIpc) is 2.99. The number of anilines is 1. The summed E-state index contributed by atoms with van der Waals surface area (Å²) in [5.41, 5.74) is 0. The van der Waals surface area contributed by atoms with Crippen molar-refractivity contribution in [1.82, 2.24) is 9.97 Å². The molecule has 3 nitrogen and oxygen atoms in total. The van der Waals surface area contributed by atoms with Crippen LogP contribution in [0.25, 0.3) is 0 Å². The molecule has 1 aromatic heterocycles. The summed E-state index contributed by atoms with van der Waals surface area (Å²) in [5.74, 6) is 1.69. The maximum Gasteiger partial charge on any atom is 0.171 e. The molecule has 1 aliphatic rings. The summed E-state index contributed by atoms with van der Waals surface area (Å²) < 4.78 is 0. The highest BCUT2D eigenvalue weighted by Gasteiger charge is 2.19. The minimum atomic E-state index is 0.457. The van der Waals surface area contributed by atoms with Crippen LogP contribution in [0.5, 0.6) is 0 Å². The number of hydrogen-bond acceptors (Lipinski definition) is 3. The predicted octanol–water partition coefficient (Wildman–Crippen LogP) is 2.73. The van der Waals surface area contributed by atoms with Gasteiger partial charge in [0.25, 0.3) is 0 Å². The second-order valence-electron chi connectivity index (χ2n) is 3.71. The fourth-order valence-corrected chi connectivity index (χ4v) is 1.62. The van der Waals surface area contributed by atoms with Crippen LogP contribution in [0, 0.1) is 5.92 Å². The van der Waals surface area contributed by atoms with Gasteiger partial charge < -0.3 is 5.32 Å². The van der Waals surface area contributed by atoms with Crippen molar-refractivity contribution in [2.75, 3.05) is 11.9 Å². The van der Waals surface area contributed by atoms with E-state index < -0.39 is 0 Å². The van der Waals surface area contributed by atoms with E-state index in [1.54, 1.807) is 12.4 Å². The van der Waals surface area contributed by atoms with Gasteiger partial charge in [0.2, 0.25) is 0 Å². The summed E-state index contributed by atoms with van der Waals surface area (Å²) in [6.45, 7) is 0.939. The van der Waals surface area contributed by atoms with Crippen molar-refractivity contribution in [3.05, 3.63) is 17.5 Å². The Bertz CT molecular complexity index is 299. The van der Waals surface area contributed by atoms with Gasteiger partial charge in [-0.2, -0.15) is 0 Å². The smallest absolute Gasteiger partial charge is 0.171 e. The third kappa shape index (κ3) is 2.84. The SMILES string of the molecule is Clc1nccnc1NCCCC1CC1. The second kappa shape index (κ2) is 4.60. The molecule has 1 aromatic rings. The summed E-state index contributed by atoms with van der Waals surface area (Å²) in [6.07, 6.45) is 8.60. The van der Waals surface area contributed by atoms with Crippen LogP contribution >= 0.6 is 11.6 Å². The van der Waals surface area contributed by atoms with Crippen molar-refractivity contribution in [2.24, 2.45) is 5.92 Å². The van der Waals surface area contributed by atoms with Crippen LogP contribution in [0.15, 0.2) is 12.4 Å². The van der Waals surface area contributed by atoms with Crippen LogP contribution in [-0.2, 0) is 0 Å². The Morgan fingerprint density at radius 1 is 1.36 bits per heavy atom. The highest BCUT2D eigenvalue weighted by Crippen LogP contribution is 2.33. The van der Waals surface area contributed by atoms with Crippen molar-refractivity contribution in [1.29, 1.82) is 0 Å². The van der Waals surface area contributed by atoms with E-state index >= 15 is 0 Å². The number of nitrogens with one attached hydrogen (secondary N) is 1. The standard InChI is InChI=1S/C10H14ClN3/c11-9-10(14-7-6-12-9)13-5-1-2-8-3-4-8/h6-8H,1-5H2,(H,13,14). The van der Waals surface area contributed by atoms with Crippen LogP contribution in [0.2, 0.25) is 5.15 Å². The quantitative estimate of drug-likeness (QED) is 0.762. The maximum atomic E-state index is 5.84. The highest BCUT2D eigenvalue weighted by molar-refractivity contribution is 6.31. The van der Waals surface area contributed by atoms with Gasteiger partial charge in [-0.25, -0.2) is 9.97 Å². The lowest BCUT2D eigenvalue weighted by atomic mass is 10.2. The third-order valence-electron chi connectivity index (χ3n) is 2.43. The highest BCUT2D eigenvalue weighted by atomic mass is 35.5. The molecule has 2 rings (SSSR count). The Morgan fingerprint density at radius 2 is 2.14 bits per heavy atom. The number of halogens is 1. The summed E-state index contributed by atoms with van der Waals surface area (Å²) in [7, 11) is 0. The molecule has 1 heterocycles. The summed E-state index contributed by atoms with van der Waals surface area (Å²) in [6, 6.07) is 0. The molecule has 4 heteroatoms. The number of rotatable bonds is 5.